The van der Waals surface area contributed by atoms with Gasteiger partial charge in [0.15, 0.2) is 5.78 Å². The number of ketones is 1. The second-order valence-electron chi connectivity index (χ2n) is 4.00. The zero-order valence-electron chi connectivity index (χ0n) is 10.8. The number of aromatic nitrogens is 1. The first-order chi connectivity index (χ1) is 9.02. The third-order valence-corrected chi connectivity index (χ3v) is 4.10. The van der Waals surface area contributed by atoms with E-state index in [1.165, 1.54) is 11.5 Å². The second-order valence-corrected chi connectivity index (χ2v) is 5.63. The number of benzene rings is 1. The van der Waals surface area contributed by atoms with Gasteiger partial charge in [-0.05, 0) is 59.5 Å². The van der Waals surface area contributed by atoms with Gasteiger partial charge in [0, 0.05) is 5.69 Å². The number of hydrogen-bond donors (Lipinski definition) is 1. The first kappa shape index (κ1) is 14.0. The quantitative estimate of drug-likeness (QED) is 0.848. The summed E-state index contributed by atoms with van der Waals surface area (Å²) in [6, 6.07) is 5.65. The van der Waals surface area contributed by atoms with Crippen LogP contribution >= 0.6 is 27.5 Å². The predicted octanol–water partition coefficient (Wildman–Crippen LogP) is 4.17. The maximum Gasteiger partial charge on any atom is 0.164 e. The Morgan fingerprint density at radius 3 is 2.79 bits per heavy atom. The number of nitrogens with zero attached hydrogens (tertiary/aromatic N) is 1. The molecule has 100 valence electrons. The summed E-state index contributed by atoms with van der Waals surface area (Å²) in [5.41, 5.74) is 2.28. The van der Waals surface area contributed by atoms with Crippen molar-refractivity contribution in [2.45, 2.75) is 13.8 Å². The zero-order valence-corrected chi connectivity index (χ0v) is 13.2. The fraction of sp³-hybridized carbons (Fsp3) is 0.231. The number of rotatable bonds is 4. The molecule has 0 radical (unpaired) electrons. The monoisotopic (exact) mass is 340 g/mol. The molecular formula is C13H13BrN2O2S. The van der Waals surface area contributed by atoms with Crippen molar-refractivity contribution < 1.29 is 9.53 Å². The van der Waals surface area contributed by atoms with Gasteiger partial charge < -0.3 is 10.1 Å². The molecule has 0 atom stereocenters. The molecule has 0 saturated heterocycles. The van der Waals surface area contributed by atoms with Crippen molar-refractivity contribution in [1.82, 2.24) is 4.37 Å². The fourth-order valence-corrected chi connectivity index (χ4v) is 3.15. The van der Waals surface area contributed by atoms with E-state index in [1.807, 2.05) is 25.1 Å². The van der Waals surface area contributed by atoms with Gasteiger partial charge in [-0.2, -0.15) is 4.37 Å². The Balaban J connectivity index is 2.31. The molecule has 0 bridgehead atoms. The van der Waals surface area contributed by atoms with Crippen molar-refractivity contribution >= 4 is 43.9 Å². The topological polar surface area (TPSA) is 51.2 Å². The van der Waals surface area contributed by atoms with Gasteiger partial charge in [-0.25, -0.2) is 0 Å². The van der Waals surface area contributed by atoms with Gasteiger partial charge in [0.2, 0.25) is 0 Å². The van der Waals surface area contributed by atoms with E-state index >= 15 is 0 Å². The standard InChI is InChI=1S/C13H13BrN2O2S/c1-7-12(8(2)17)13(19-16-7)15-9-4-5-11(18-3)10(14)6-9/h4-6,15H,1-3H3. The van der Waals surface area contributed by atoms with Crippen LogP contribution in [0.2, 0.25) is 0 Å². The van der Waals surface area contributed by atoms with E-state index in [4.69, 9.17) is 4.74 Å². The number of Topliss-reactive ketones (excluding diaryl/α,β-unsaturated/α-hetero) is 1. The van der Waals surface area contributed by atoms with Crippen molar-refractivity contribution in [2.24, 2.45) is 0 Å². The number of carbonyl (C=O) groups is 1. The number of hydrogen-bond acceptors (Lipinski definition) is 5. The van der Waals surface area contributed by atoms with Crippen molar-refractivity contribution in [3.05, 3.63) is 33.9 Å². The van der Waals surface area contributed by atoms with Crippen LogP contribution in [0, 0.1) is 6.92 Å². The average Bonchev–Trinajstić information content (AvgIpc) is 2.70. The first-order valence-corrected chi connectivity index (χ1v) is 7.17. The lowest BCUT2D eigenvalue weighted by molar-refractivity contribution is 0.101. The fourth-order valence-electron chi connectivity index (χ4n) is 1.74. The molecule has 6 heteroatoms. The third-order valence-electron chi connectivity index (χ3n) is 2.62. The number of nitrogens with one attached hydrogen (secondary N) is 1. The number of carbonyl (C=O) groups excluding carboxylic acids is 1. The molecular weight excluding hydrogens is 328 g/mol. The highest BCUT2D eigenvalue weighted by Crippen LogP contribution is 2.32. The van der Waals surface area contributed by atoms with Crippen molar-refractivity contribution in [3.63, 3.8) is 0 Å². The molecule has 0 saturated carbocycles. The Hall–Kier alpha value is -1.40. The van der Waals surface area contributed by atoms with Crippen LogP contribution in [0.5, 0.6) is 5.75 Å². The summed E-state index contributed by atoms with van der Waals surface area (Å²) in [5.74, 6) is 0.777. The van der Waals surface area contributed by atoms with Gasteiger partial charge in [-0.15, -0.1) is 0 Å². The zero-order chi connectivity index (χ0) is 14.0. The lowest BCUT2D eigenvalue weighted by Gasteiger charge is -2.08. The normalized spacial score (nSPS) is 10.3. The highest BCUT2D eigenvalue weighted by molar-refractivity contribution is 9.10. The molecule has 19 heavy (non-hydrogen) atoms. The van der Waals surface area contributed by atoms with Crippen LogP contribution in [0.15, 0.2) is 22.7 Å². The molecule has 0 aliphatic heterocycles. The van der Waals surface area contributed by atoms with E-state index in [2.05, 4.69) is 25.6 Å². The summed E-state index contributed by atoms with van der Waals surface area (Å²) in [6.45, 7) is 3.38. The van der Waals surface area contributed by atoms with E-state index in [9.17, 15) is 4.79 Å². The van der Waals surface area contributed by atoms with Crippen LogP contribution in [0.4, 0.5) is 10.7 Å². The number of aryl methyl sites for hydroxylation is 1. The Morgan fingerprint density at radius 1 is 1.47 bits per heavy atom. The van der Waals surface area contributed by atoms with E-state index < -0.39 is 0 Å². The van der Waals surface area contributed by atoms with Crippen LogP contribution in [0.3, 0.4) is 0 Å². The number of anilines is 2. The van der Waals surface area contributed by atoms with E-state index in [0.29, 0.717) is 5.56 Å². The van der Waals surface area contributed by atoms with Gasteiger partial charge in [0.25, 0.3) is 0 Å². The first-order valence-electron chi connectivity index (χ1n) is 5.60. The molecule has 0 unspecified atom stereocenters. The number of halogens is 1. The molecule has 2 aromatic rings. The largest absolute Gasteiger partial charge is 0.496 e. The lowest BCUT2D eigenvalue weighted by atomic mass is 10.2. The van der Waals surface area contributed by atoms with Crippen molar-refractivity contribution in [2.75, 3.05) is 12.4 Å². The Kier molecular flexibility index (Phi) is 4.21. The molecule has 0 fully saturated rings. The summed E-state index contributed by atoms with van der Waals surface area (Å²) in [7, 11) is 1.62. The van der Waals surface area contributed by atoms with Crippen LogP contribution in [-0.2, 0) is 0 Å². The van der Waals surface area contributed by atoms with Crippen LogP contribution in [0.1, 0.15) is 23.0 Å². The highest BCUT2D eigenvalue weighted by atomic mass is 79.9. The summed E-state index contributed by atoms with van der Waals surface area (Å²) >= 11 is 4.72. The Bertz CT molecular complexity index is 625. The van der Waals surface area contributed by atoms with Gasteiger partial charge in [0.05, 0.1) is 22.8 Å². The number of methoxy groups -OCH3 is 1. The molecule has 0 spiro atoms. The van der Waals surface area contributed by atoms with Gasteiger partial charge >= 0.3 is 0 Å². The Labute approximate surface area is 124 Å². The Morgan fingerprint density at radius 2 is 2.21 bits per heavy atom. The minimum atomic E-state index is 0.0151. The molecule has 0 amide bonds. The maximum atomic E-state index is 11.6. The van der Waals surface area contributed by atoms with Crippen LogP contribution < -0.4 is 10.1 Å². The van der Waals surface area contributed by atoms with E-state index in [1.54, 1.807) is 14.0 Å². The molecule has 1 heterocycles. The third kappa shape index (κ3) is 2.96. The summed E-state index contributed by atoms with van der Waals surface area (Å²) in [4.78, 5) is 11.6. The second kappa shape index (κ2) is 5.71. The molecule has 1 aromatic carbocycles. The molecule has 1 aromatic heterocycles. The minimum absolute atomic E-state index is 0.0151. The average molecular weight is 341 g/mol. The molecule has 2 rings (SSSR count). The lowest BCUT2D eigenvalue weighted by Crippen LogP contribution is -1.98. The molecule has 4 nitrogen and oxygen atoms in total. The van der Waals surface area contributed by atoms with Crippen LogP contribution in [-0.4, -0.2) is 17.3 Å². The van der Waals surface area contributed by atoms with E-state index in [-0.39, 0.29) is 5.78 Å². The smallest absolute Gasteiger partial charge is 0.164 e. The van der Waals surface area contributed by atoms with E-state index in [0.717, 1.165) is 26.6 Å². The molecule has 0 aliphatic carbocycles. The number of ether oxygens (including phenoxy) is 1. The summed E-state index contributed by atoms with van der Waals surface area (Å²) in [5, 5.41) is 3.98. The van der Waals surface area contributed by atoms with Crippen molar-refractivity contribution in [1.29, 1.82) is 0 Å². The predicted molar refractivity (Wildman–Crippen MR) is 80.8 cm³/mol. The minimum Gasteiger partial charge on any atom is -0.496 e. The van der Waals surface area contributed by atoms with Gasteiger partial charge in [0.1, 0.15) is 10.8 Å². The molecule has 0 aliphatic rings. The highest BCUT2D eigenvalue weighted by Gasteiger charge is 2.15. The summed E-state index contributed by atoms with van der Waals surface area (Å²) < 4.78 is 10.2. The molecule has 1 N–H and O–H groups in total. The van der Waals surface area contributed by atoms with Crippen LogP contribution in [0.25, 0.3) is 0 Å². The SMILES string of the molecule is COc1ccc(Nc2snc(C)c2C(C)=O)cc1Br. The van der Waals surface area contributed by atoms with Gasteiger partial charge in [-0.3, -0.25) is 4.79 Å². The maximum absolute atomic E-state index is 11.6. The summed E-state index contributed by atoms with van der Waals surface area (Å²) in [6.07, 6.45) is 0. The van der Waals surface area contributed by atoms with Gasteiger partial charge in [-0.1, -0.05) is 0 Å². The van der Waals surface area contributed by atoms with Crippen molar-refractivity contribution in [3.8, 4) is 5.75 Å².